The van der Waals surface area contributed by atoms with Crippen molar-refractivity contribution in [2.24, 2.45) is 0 Å². The van der Waals surface area contributed by atoms with Gasteiger partial charge in [0.2, 0.25) is 5.91 Å². The summed E-state index contributed by atoms with van der Waals surface area (Å²) in [5, 5.41) is 4.12. The standard InChI is InChI=1S/C14H10F3N3O3/c15-8-3-4-9(12(17)11(8)16)20-10(21)6-19-14(23)7-2-1-5-18-13(7)22/h1-5H,6H2,(H,18,22)(H,19,23)(H,20,21). The van der Waals surface area contributed by atoms with Gasteiger partial charge in [0.05, 0.1) is 12.2 Å². The van der Waals surface area contributed by atoms with Gasteiger partial charge in [-0.15, -0.1) is 0 Å². The Labute approximate surface area is 127 Å². The topological polar surface area (TPSA) is 91.1 Å². The molecule has 1 heterocycles. The third-order valence-electron chi connectivity index (χ3n) is 2.78. The van der Waals surface area contributed by atoms with E-state index in [0.717, 1.165) is 6.07 Å². The van der Waals surface area contributed by atoms with Crippen LogP contribution < -0.4 is 16.2 Å². The van der Waals surface area contributed by atoms with E-state index in [9.17, 15) is 27.6 Å². The van der Waals surface area contributed by atoms with E-state index in [0.29, 0.717) is 6.07 Å². The van der Waals surface area contributed by atoms with Gasteiger partial charge in [0.25, 0.3) is 11.5 Å². The first kappa shape index (κ1) is 16.3. The molecule has 0 saturated heterocycles. The number of amides is 2. The first-order chi connectivity index (χ1) is 10.9. The Morgan fingerprint density at radius 1 is 1.09 bits per heavy atom. The minimum Gasteiger partial charge on any atom is -0.343 e. The maximum absolute atomic E-state index is 13.4. The van der Waals surface area contributed by atoms with Gasteiger partial charge >= 0.3 is 0 Å². The van der Waals surface area contributed by atoms with Gasteiger partial charge in [-0.1, -0.05) is 0 Å². The van der Waals surface area contributed by atoms with Crippen LogP contribution in [0.5, 0.6) is 0 Å². The largest absolute Gasteiger partial charge is 0.343 e. The molecule has 0 saturated carbocycles. The molecule has 1 aromatic carbocycles. The number of aromatic nitrogens is 1. The number of H-pyrrole nitrogens is 1. The van der Waals surface area contributed by atoms with Crippen molar-refractivity contribution in [3.05, 3.63) is 63.8 Å². The molecule has 3 N–H and O–H groups in total. The van der Waals surface area contributed by atoms with Gasteiger partial charge in [-0.3, -0.25) is 14.4 Å². The van der Waals surface area contributed by atoms with Crippen LogP contribution >= 0.6 is 0 Å². The number of hydrogen-bond donors (Lipinski definition) is 3. The van der Waals surface area contributed by atoms with E-state index in [1.165, 1.54) is 18.3 Å². The molecule has 120 valence electrons. The lowest BCUT2D eigenvalue weighted by Crippen LogP contribution is -2.35. The second kappa shape index (κ2) is 6.77. The molecule has 0 radical (unpaired) electrons. The fourth-order valence-electron chi connectivity index (χ4n) is 1.67. The van der Waals surface area contributed by atoms with Gasteiger partial charge in [0.1, 0.15) is 5.56 Å². The summed E-state index contributed by atoms with van der Waals surface area (Å²) in [6.45, 7) is -0.592. The molecule has 0 aliphatic carbocycles. The average molecular weight is 325 g/mol. The van der Waals surface area contributed by atoms with Crippen molar-refractivity contribution in [3.63, 3.8) is 0 Å². The molecule has 2 amide bonds. The van der Waals surface area contributed by atoms with Crippen LogP contribution in [0.15, 0.2) is 35.3 Å². The van der Waals surface area contributed by atoms with Crippen molar-refractivity contribution in [1.29, 1.82) is 0 Å². The number of carbonyl (C=O) groups excluding carboxylic acids is 2. The van der Waals surface area contributed by atoms with E-state index in [1.807, 2.05) is 5.32 Å². The van der Waals surface area contributed by atoms with E-state index in [4.69, 9.17) is 0 Å². The number of rotatable bonds is 4. The molecule has 6 nitrogen and oxygen atoms in total. The van der Waals surface area contributed by atoms with Crippen LogP contribution in [0, 0.1) is 17.5 Å². The minimum absolute atomic E-state index is 0.209. The Morgan fingerprint density at radius 3 is 2.52 bits per heavy atom. The summed E-state index contributed by atoms with van der Waals surface area (Å²) >= 11 is 0. The normalized spacial score (nSPS) is 10.2. The molecule has 0 unspecified atom stereocenters. The number of nitrogens with one attached hydrogen (secondary N) is 3. The summed E-state index contributed by atoms with van der Waals surface area (Å²) in [4.78, 5) is 36.9. The van der Waals surface area contributed by atoms with Crippen molar-refractivity contribution in [1.82, 2.24) is 10.3 Å². The van der Waals surface area contributed by atoms with Gasteiger partial charge in [-0.25, -0.2) is 13.2 Å². The predicted molar refractivity (Wildman–Crippen MR) is 74.3 cm³/mol. The van der Waals surface area contributed by atoms with Crippen LogP contribution in [0.3, 0.4) is 0 Å². The average Bonchev–Trinajstić information content (AvgIpc) is 2.53. The lowest BCUT2D eigenvalue weighted by atomic mass is 10.2. The Morgan fingerprint density at radius 2 is 1.83 bits per heavy atom. The summed E-state index contributed by atoms with van der Waals surface area (Å²) in [6.07, 6.45) is 1.33. The molecule has 23 heavy (non-hydrogen) atoms. The van der Waals surface area contributed by atoms with E-state index < -0.39 is 47.1 Å². The zero-order valence-electron chi connectivity index (χ0n) is 11.5. The smallest absolute Gasteiger partial charge is 0.260 e. The molecule has 0 bridgehead atoms. The van der Waals surface area contributed by atoms with Crippen molar-refractivity contribution in [3.8, 4) is 0 Å². The fraction of sp³-hybridized carbons (Fsp3) is 0.0714. The molecule has 0 fully saturated rings. The molecule has 0 atom stereocenters. The molecule has 0 aliphatic rings. The molecular formula is C14H10F3N3O3. The highest BCUT2D eigenvalue weighted by Gasteiger charge is 2.16. The highest BCUT2D eigenvalue weighted by Crippen LogP contribution is 2.19. The number of pyridine rings is 1. The molecule has 2 rings (SSSR count). The van der Waals surface area contributed by atoms with Gasteiger partial charge in [0.15, 0.2) is 17.5 Å². The fourth-order valence-corrected chi connectivity index (χ4v) is 1.67. The number of hydrogen-bond acceptors (Lipinski definition) is 3. The first-order valence-electron chi connectivity index (χ1n) is 6.29. The number of halogens is 3. The van der Waals surface area contributed by atoms with Gasteiger partial charge < -0.3 is 15.6 Å². The van der Waals surface area contributed by atoms with Crippen LogP contribution in [0.4, 0.5) is 18.9 Å². The van der Waals surface area contributed by atoms with Crippen LogP contribution in [0.2, 0.25) is 0 Å². The third kappa shape index (κ3) is 3.76. The van der Waals surface area contributed by atoms with Crippen molar-refractivity contribution in [2.75, 3.05) is 11.9 Å². The predicted octanol–water partition coefficient (Wildman–Crippen LogP) is 1.16. The maximum atomic E-state index is 13.4. The van der Waals surface area contributed by atoms with E-state index in [-0.39, 0.29) is 5.56 Å². The summed E-state index contributed by atoms with van der Waals surface area (Å²) in [5.41, 5.74) is -1.42. The minimum atomic E-state index is -1.72. The quantitative estimate of drug-likeness (QED) is 0.737. The monoisotopic (exact) mass is 325 g/mol. The summed E-state index contributed by atoms with van der Waals surface area (Å²) < 4.78 is 39.1. The van der Waals surface area contributed by atoms with E-state index in [1.54, 1.807) is 0 Å². The Balaban J connectivity index is 1.99. The van der Waals surface area contributed by atoms with Gasteiger partial charge in [0, 0.05) is 6.20 Å². The van der Waals surface area contributed by atoms with Crippen LogP contribution in [-0.4, -0.2) is 23.3 Å². The first-order valence-corrected chi connectivity index (χ1v) is 6.29. The Bertz CT molecular complexity index is 820. The zero-order chi connectivity index (χ0) is 17.0. The van der Waals surface area contributed by atoms with Crippen molar-refractivity contribution in [2.45, 2.75) is 0 Å². The summed E-state index contributed by atoms with van der Waals surface area (Å²) in [6, 6.07) is 4.17. The lowest BCUT2D eigenvalue weighted by molar-refractivity contribution is -0.115. The number of anilines is 1. The molecular weight excluding hydrogens is 315 g/mol. The Hall–Kier alpha value is -3.10. The van der Waals surface area contributed by atoms with Crippen LogP contribution in [0.1, 0.15) is 10.4 Å². The highest BCUT2D eigenvalue weighted by molar-refractivity contribution is 5.99. The second-order valence-corrected chi connectivity index (χ2v) is 4.37. The molecule has 0 aliphatic heterocycles. The number of carbonyl (C=O) groups is 2. The summed E-state index contributed by atoms with van der Waals surface area (Å²) in [7, 11) is 0. The lowest BCUT2D eigenvalue weighted by Gasteiger charge is -2.08. The van der Waals surface area contributed by atoms with E-state index >= 15 is 0 Å². The number of aromatic amines is 1. The van der Waals surface area contributed by atoms with Gasteiger partial charge in [-0.2, -0.15) is 0 Å². The van der Waals surface area contributed by atoms with Gasteiger partial charge in [-0.05, 0) is 24.3 Å². The van der Waals surface area contributed by atoms with Crippen molar-refractivity contribution < 1.29 is 22.8 Å². The van der Waals surface area contributed by atoms with Crippen molar-refractivity contribution >= 4 is 17.5 Å². The molecule has 0 spiro atoms. The Kier molecular flexibility index (Phi) is 4.79. The van der Waals surface area contributed by atoms with Crippen LogP contribution in [0.25, 0.3) is 0 Å². The molecule has 9 heteroatoms. The van der Waals surface area contributed by atoms with E-state index in [2.05, 4.69) is 10.3 Å². The zero-order valence-corrected chi connectivity index (χ0v) is 11.5. The summed E-state index contributed by atoms with van der Waals surface area (Å²) in [5.74, 6) is -6.35. The third-order valence-corrected chi connectivity index (χ3v) is 2.78. The van der Waals surface area contributed by atoms with Crippen LogP contribution in [-0.2, 0) is 4.79 Å². The second-order valence-electron chi connectivity index (χ2n) is 4.37. The highest BCUT2D eigenvalue weighted by atomic mass is 19.2. The molecule has 1 aromatic heterocycles. The maximum Gasteiger partial charge on any atom is 0.260 e. The SMILES string of the molecule is O=C(CNC(=O)c1ccc[nH]c1=O)Nc1ccc(F)c(F)c1F. The molecule has 2 aromatic rings. The number of benzene rings is 1.